The van der Waals surface area contributed by atoms with Crippen LogP contribution in [0.3, 0.4) is 0 Å². The van der Waals surface area contributed by atoms with Crippen molar-refractivity contribution in [2.24, 2.45) is 0 Å². The van der Waals surface area contributed by atoms with Crippen molar-refractivity contribution in [3.05, 3.63) is 18.2 Å². The SMILES string of the molecule is CC(C)(C)OC=O.Oc1cccc2c1c1nn2-1. The number of carbonyl (C=O) groups excluding carboxylic acids is 1. The Labute approximate surface area is 98.6 Å². The van der Waals surface area contributed by atoms with Gasteiger partial charge >= 0.3 is 0 Å². The average Bonchev–Trinajstić information content (AvgIpc) is 2.87. The van der Waals surface area contributed by atoms with Crippen LogP contribution in [0.15, 0.2) is 18.2 Å². The lowest BCUT2D eigenvalue weighted by Gasteiger charge is -2.14. The Morgan fingerprint density at radius 3 is 2.59 bits per heavy atom. The lowest BCUT2D eigenvalue weighted by Crippen LogP contribution is -2.17. The van der Waals surface area contributed by atoms with Crippen molar-refractivity contribution >= 4 is 17.4 Å². The minimum Gasteiger partial charge on any atom is -0.507 e. The fourth-order valence-corrected chi connectivity index (χ4v) is 1.42. The summed E-state index contributed by atoms with van der Waals surface area (Å²) in [7, 11) is 0. The Hall–Kier alpha value is -2.04. The molecule has 0 saturated heterocycles. The Balaban J connectivity index is 0.000000139. The molecule has 0 radical (unpaired) electrons. The minimum atomic E-state index is -0.318. The molecule has 2 aliphatic heterocycles. The Morgan fingerprint density at radius 2 is 2.12 bits per heavy atom. The van der Waals surface area contributed by atoms with Crippen molar-refractivity contribution in [1.29, 1.82) is 0 Å². The molecule has 1 aromatic rings. The molecule has 0 unspecified atom stereocenters. The van der Waals surface area contributed by atoms with Gasteiger partial charge in [0.15, 0.2) is 5.82 Å². The second-order valence-electron chi connectivity index (χ2n) is 4.73. The van der Waals surface area contributed by atoms with Crippen LogP contribution in [-0.4, -0.2) is 27.0 Å². The maximum atomic E-state index is 9.60. The summed E-state index contributed by atoms with van der Waals surface area (Å²) in [5.41, 5.74) is 0.705. The molecule has 0 spiro atoms. The number of rotatable bonds is 1. The molecule has 1 aromatic carbocycles. The zero-order valence-electron chi connectivity index (χ0n) is 9.97. The van der Waals surface area contributed by atoms with Crippen LogP contribution in [0.4, 0.5) is 0 Å². The molecule has 1 N–H and O–H groups in total. The molecule has 5 heteroatoms. The van der Waals surface area contributed by atoms with Crippen LogP contribution in [0.2, 0.25) is 0 Å². The third kappa shape index (κ3) is 2.22. The standard InChI is InChI=1S/C7H4N2O.C5H10O2/c10-5-3-1-2-4-6(5)7-8-9(4)7;1-5(2,3)7-4-6/h1-3,10H;4H,1-3H3. The molecular formula is C12H14N2O3. The van der Waals surface area contributed by atoms with E-state index in [1.807, 2.05) is 37.6 Å². The summed E-state index contributed by atoms with van der Waals surface area (Å²) in [6.07, 6.45) is 0. The molecule has 0 amide bonds. The van der Waals surface area contributed by atoms with Gasteiger partial charge in [-0.1, -0.05) is 6.07 Å². The van der Waals surface area contributed by atoms with Crippen molar-refractivity contribution in [3.8, 4) is 11.6 Å². The molecule has 3 rings (SSSR count). The van der Waals surface area contributed by atoms with Crippen molar-refractivity contribution in [3.63, 3.8) is 0 Å². The first-order valence-electron chi connectivity index (χ1n) is 5.26. The summed E-state index contributed by atoms with van der Waals surface area (Å²) in [5, 5.41) is 14.1. The fraction of sp³-hybridized carbons (Fsp3) is 0.333. The van der Waals surface area contributed by atoms with Crippen LogP contribution in [0.5, 0.6) is 5.75 Å². The van der Waals surface area contributed by atoms with Crippen LogP contribution in [0.25, 0.3) is 16.7 Å². The highest BCUT2D eigenvalue weighted by atomic mass is 16.5. The first kappa shape index (κ1) is 11.4. The molecular weight excluding hydrogens is 220 g/mol. The normalized spacial score (nSPS) is 11.7. The second kappa shape index (κ2) is 3.76. The second-order valence-corrected chi connectivity index (χ2v) is 4.73. The van der Waals surface area contributed by atoms with Gasteiger partial charge < -0.3 is 9.84 Å². The van der Waals surface area contributed by atoms with Crippen LogP contribution >= 0.6 is 0 Å². The van der Waals surface area contributed by atoms with E-state index in [1.54, 1.807) is 6.07 Å². The van der Waals surface area contributed by atoms with Crippen LogP contribution in [0.1, 0.15) is 20.8 Å². The minimum absolute atomic E-state index is 0.318. The van der Waals surface area contributed by atoms with Gasteiger partial charge in [-0.25, -0.2) is 4.68 Å². The van der Waals surface area contributed by atoms with Gasteiger partial charge in [0, 0.05) is 0 Å². The summed E-state index contributed by atoms with van der Waals surface area (Å²) in [4.78, 5) is 9.60. The zero-order chi connectivity index (χ0) is 12.6. The molecule has 0 atom stereocenters. The fourth-order valence-electron chi connectivity index (χ4n) is 1.42. The zero-order valence-corrected chi connectivity index (χ0v) is 9.97. The van der Waals surface area contributed by atoms with Crippen LogP contribution in [-0.2, 0) is 9.53 Å². The number of phenols is 1. The van der Waals surface area contributed by atoms with Crippen molar-refractivity contribution in [2.45, 2.75) is 26.4 Å². The van der Waals surface area contributed by atoms with E-state index in [4.69, 9.17) is 0 Å². The number of aromatic hydroxyl groups is 1. The number of carbonyl (C=O) groups is 1. The van der Waals surface area contributed by atoms with Gasteiger partial charge in [-0.3, -0.25) is 4.79 Å². The third-order valence-corrected chi connectivity index (χ3v) is 2.23. The molecule has 0 saturated carbocycles. The molecule has 2 heterocycles. The number of aromatic nitrogens is 2. The highest BCUT2D eigenvalue weighted by Crippen LogP contribution is 2.39. The number of hydrogen-bond donors (Lipinski definition) is 1. The third-order valence-electron chi connectivity index (χ3n) is 2.23. The van der Waals surface area contributed by atoms with Crippen molar-refractivity contribution < 1.29 is 14.6 Å². The summed E-state index contributed by atoms with van der Waals surface area (Å²) in [6.45, 7) is 5.92. The van der Waals surface area contributed by atoms with Crippen molar-refractivity contribution in [2.75, 3.05) is 0 Å². The van der Waals surface area contributed by atoms with E-state index in [9.17, 15) is 9.90 Å². The molecule has 0 aliphatic carbocycles. The number of nitrogens with zero attached hydrogens (tertiary/aromatic N) is 2. The highest BCUT2D eigenvalue weighted by molar-refractivity contribution is 6.00. The van der Waals surface area contributed by atoms with Gasteiger partial charge in [0.1, 0.15) is 11.4 Å². The van der Waals surface area contributed by atoms with E-state index in [0.717, 1.165) is 16.7 Å². The molecule has 5 nitrogen and oxygen atoms in total. The Morgan fingerprint density at radius 1 is 1.41 bits per heavy atom. The van der Waals surface area contributed by atoms with E-state index in [2.05, 4.69) is 9.84 Å². The Bertz CT molecular complexity index is 567. The molecule has 2 aliphatic rings. The van der Waals surface area contributed by atoms with E-state index in [-0.39, 0.29) is 5.60 Å². The summed E-state index contributed by atoms with van der Waals surface area (Å²) in [6, 6.07) is 5.44. The molecule has 0 fully saturated rings. The molecule has 0 aromatic heterocycles. The molecule has 90 valence electrons. The van der Waals surface area contributed by atoms with Gasteiger partial charge in [-0.05, 0) is 32.9 Å². The maximum Gasteiger partial charge on any atom is 0.293 e. The van der Waals surface area contributed by atoms with Gasteiger partial charge in [0.25, 0.3) is 6.47 Å². The summed E-state index contributed by atoms with van der Waals surface area (Å²) >= 11 is 0. The number of fused-ring (bicyclic) bond motifs is 4. The number of hydrogen-bond acceptors (Lipinski definition) is 4. The van der Waals surface area contributed by atoms with E-state index in [0.29, 0.717) is 12.2 Å². The van der Waals surface area contributed by atoms with Gasteiger partial charge in [0.2, 0.25) is 0 Å². The van der Waals surface area contributed by atoms with E-state index < -0.39 is 0 Å². The van der Waals surface area contributed by atoms with Gasteiger partial charge in [0.05, 0.1) is 10.9 Å². The quantitative estimate of drug-likeness (QED) is 0.654. The maximum absolute atomic E-state index is 9.60. The van der Waals surface area contributed by atoms with E-state index >= 15 is 0 Å². The summed E-state index contributed by atoms with van der Waals surface area (Å²) < 4.78 is 6.36. The number of phenolic OH excluding ortho intramolecular Hbond substituents is 1. The lowest BCUT2D eigenvalue weighted by molar-refractivity contribution is -0.138. The monoisotopic (exact) mass is 234 g/mol. The lowest BCUT2D eigenvalue weighted by atomic mass is 10.2. The van der Waals surface area contributed by atoms with Crippen LogP contribution < -0.4 is 0 Å². The summed E-state index contributed by atoms with van der Waals surface area (Å²) in [5.74, 6) is 1.26. The first-order valence-corrected chi connectivity index (χ1v) is 5.26. The Kier molecular flexibility index (Phi) is 2.53. The van der Waals surface area contributed by atoms with Crippen LogP contribution in [0, 0.1) is 0 Å². The van der Waals surface area contributed by atoms with Crippen molar-refractivity contribution in [1.82, 2.24) is 9.78 Å². The van der Waals surface area contributed by atoms with Gasteiger partial charge in [-0.15, -0.1) is 5.10 Å². The number of ether oxygens (including phenoxy) is 1. The molecule has 17 heavy (non-hydrogen) atoms. The predicted octanol–water partition coefficient (Wildman–Crippen LogP) is 2.00. The van der Waals surface area contributed by atoms with E-state index in [1.165, 1.54) is 0 Å². The average molecular weight is 234 g/mol. The van der Waals surface area contributed by atoms with Gasteiger partial charge in [-0.2, -0.15) is 0 Å². The topological polar surface area (TPSA) is 64.3 Å². The highest BCUT2D eigenvalue weighted by Gasteiger charge is 2.27. The smallest absolute Gasteiger partial charge is 0.293 e. The number of benzene rings is 1. The first-order chi connectivity index (χ1) is 7.94. The largest absolute Gasteiger partial charge is 0.507 e. The predicted molar refractivity (Wildman–Crippen MR) is 63.2 cm³/mol. The molecule has 0 bridgehead atoms.